The summed E-state index contributed by atoms with van der Waals surface area (Å²) in [6, 6.07) is 0. The number of rotatable bonds is 16. The molecule has 0 aromatic rings. The molecule has 1 saturated heterocycles. The van der Waals surface area contributed by atoms with E-state index in [0.29, 0.717) is 48.8 Å². The molecule has 3 aliphatic rings. The number of hydrogen-bond donors (Lipinski definition) is 1. The molecule has 0 spiro atoms. The van der Waals surface area contributed by atoms with Crippen LogP contribution in [0.25, 0.3) is 0 Å². The van der Waals surface area contributed by atoms with Crippen LogP contribution in [0.2, 0.25) is 0 Å². The summed E-state index contributed by atoms with van der Waals surface area (Å²) in [5.74, 6) is 0.915. The van der Waals surface area contributed by atoms with Gasteiger partial charge in [0.1, 0.15) is 0 Å². The van der Waals surface area contributed by atoms with Crippen LogP contribution in [-0.4, -0.2) is 36.9 Å². The van der Waals surface area contributed by atoms with Crippen LogP contribution in [0.5, 0.6) is 0 Å². The molecule has 3 rings (SSSR count). The fraction of sp³-hybridized carbons (Fsp3) is 0.917. The topological polar surface area (TPSA) is 72.8 Å². The smallest absolute Gasteiger partial charge is 0.306 e. The van der Waals surface area contributed by atoms with Crippen LogP contribution >= 0.6 is 0 Å². The molecule has 3 fully saturated rings. The molecular weight excluding hydrogens is 368 g/mol. The lowest BCUT2D eigenvalue weighted by Gasteiger charge is -2.25. The zero-order valence-corrected chi connectivity index (χ0v) is 18.2. The zero-order valence-electron chi connectivity index (χ0n) is 18.2. The van der Waals surface area contributed by atoms with Crippen LogP contribution in [0, 0.1) is 22.7 Å². The van der Waals surface area contributed by atoms with E-state index in [1.807, 2.05) is 0 Å². The van der Waals surface area contributed by atoms with Crippen molar-refractivity contribution in [1.82, 2.24) is 0 Å². The van der Waals surface area contributed by atoms with Crippen LogP contribution in [0.3, 0.4) is 0 Å². The molecule has 29 heavy (non-hydrogen) atoms. The minimum absolute atomic E-state index is 0.0220. The van der Waals surface area contributed by atoms with Crippen LogP contribution in [0.15, 0.2) is 0 Å². The predicted octanol–water partition coefficient (Wildman–Crippen LogP) is 4.79. The molecule has 0 aromatic heterocycles. The fourth-order valence-electron chi connectivity index (χ4n) is 5.69. The van der Waals surface area contributed by atoms with Gasteiger partial charge >= 0.3 is 5.97 Å². The summed E-state index contributed by atoms with van der Waals surface area (Å²) in [5.41, 5.74) is 0.770. The van der Waals surface area contributed by atoms with Gasteiger partial charge < -0.3 is 14.6 Å². The summed E-state index contributed by atoms with van der Waals surface area (Å²) >= 11 is 0. The van der Waals surface area contributed by atoms with Crippen molar-refractivity contribution in [1.29, 1.82) is 0 Å². The molecule has 5 heteroatoms. The maximum atomic E-state index is 11.4. The third-order valence-electron chi connectivity index (χ3n) is 8.16. The molecule has 0 radical (unpaired) electrons. The number of ether oxygens (including phenoxy) is 2. The molecule has 2 aliphatic carbocycles. The number of hydrogen-bond acceptors (Lipinski definition) is 5. The first-order valence-corrected chi connectivity index (χ1v) is 11.9. The quantitative estimate of drug-likeness (QED) is 0.226. The van der Waals surface area contributed by atoms with Crippen molar-refractivity contribution in [2.45, 2.75) is 103 Å². The molecule has 0 bridgehead atoms. The predicted molar refractivity (Wildman–Crippen MR) is 111 cm³/mol. The maximum absolute atomic E-state index is 11.4. The van der Waals surface area contributed by atoms with E-state index in [2.05, 4.69) is 6.92 Å². The molecule has 3 atom stereocenters. The molecular formula is C24H40O5. The summed E-state index contributed by atoms with van der Waals surface area (Å²) in [4.78, 5) is 21.8. The van der Waals surface area contributed by atoms with Gasteiger partial charge in [-0.2, -0.15) is 0 Å². The molecule has 2 saturated carbocycles. The largest absolute Gasteiger partial charge is 0.468 e. The SMILES string of the molecule is CCC(COC=O)C1(CCCCC(O)CCCCC2(C3COC(=O)C3)CC2)CC1. The summed E-state index contributed by atoms with van der Waals surface area (Å²) in [5, 5.41) is 10.3. The van der Waals surface area contributed by atoms with E-state index < -0.39 is 0 Å². The van der Waals surface area contributed by atoms with Gasteiger partial charge in [0.2, 0.25) is 0 Å². The fourth-order valence-corrected chi connectivity index (χ4v) is 5.69. The summed E-state index contributed by atoms with van der Waals surface area (Å²) < 4.78 is 10.2. The lowest BCUT2D eigenvalue weighted by molar-refractivity contribution is -0.138. The van der Waals surface area contributed by atoms with Gasteiger partial charge in [-0.3, -0.25) is 9.59 Å². The van der Waals surface area contributed by atoms with Crippen molar-refractivity contribution < 1.29 is 24.2 Å². The van der Waals surface area contributed by atoms with Crippen molar-refractivity contribution in [3.63, 3.8) is 0 Å². The van der Waals surface area contributed by atoms with Crippen LogP contribution in [0.4, 0.5) is 0 Å². The highest BCUT2D eigenvalue weighted by atomic mass is 16.5. The van der Waals surface area contributed by atoms with Crippen LogP contribution in [-0.2, 0) is 19.1 Å². The van der Waals surface area contributed by atoms with Crippen molar-refractivity contribution in [3.05, 3.63) is 0 Å². The first-order chi connectivity index (χ1) is 14.0. The van der Waals surface area contributed by atoms with E-state index in [0.717, 1.165) is 44.9 Å². The van der Waals surface area contributed by atoms with Crippen LogP contribution < -0.4 is 0 Å². The van der Waals surface area contributed by atoms with Gasteiger partial charge in [0.15, 0.2) is 0 Å². The summed E-state index contributed by atoms with van der Waals surface area (Å²) in [6.45, 7) is 3.95. The monoisotopic (exact) mass is 408 g/mol. The van der Waals surface area contributed by atoms with Gasteiger partial charge in [0.05, 0.1) is 25.7 Å². The first-order valence-electron chi connectivity index (χ1n) is 11.9. The Labute approximate surface area is 175 Å². The number of esters is 1. The molecule has 1 aliphatic heterocycles. The van der Waals surface area contributed by atoms with Gasteiger partial charge in [-0.1, -0.05) is 32.6 Å². The molecule has 166 valence electrons. The second-order valence-electron chi connectivity index (χ2n) is 9.99. The Hall–Kier alpha value is -1.10. The highest BCUT2D eigenvalue weighted by Crippen LogP contribution is 2.58. The number of aliphatic hydroxyl groups is 1. The van der Waals surface area contributed by atoms with Gasteiger partial charge in [-0.15, -0.1) is 0 Å². The van der Waals surface area contributed by atoms with Gasteiger partial charge in [-0.25, -0.2) is 0 Å². The van der Waals surface area contributed by atoms with E-state index in [9.17, 15) is 14.7 Å². The van der Waals surface area contributed by atoms with Gasteiger partial charge in [0.25, 0.3) is 6.47 Å². The highest BCUT2D eigenvalue weighted by Gasteiger charge is 2.51. The van der Waals surface area contributed by atoms with E-state index >= 15 is 0 Å². The average molecular weight is 409 g/mol. The van der Waals surface area contributed by atoms with Gasteiger partial charge in [0, 0.05) is 5.92 Å². The summed E-state index contributed by atoms with van der Waals surface area (Å²) in [6.07, 6.45) is 15.2. The van der Waals surface area contributed by atoms with Gasteiger partial charge in [-0.05, 0) is 74.5 Å². The lowest BCUT2D eigenvalue weighted by Crippen LogP contribution is -2.21. The molecule has 1 N–H and O–H groups in total. The number of aliphatic hydroxyl groups excluding tert-OH is 1. The van der Waals surface area contributed by atoms with E-state index in [1.54, 1.807) is 0 Å². The highest BCUT2D eigenvalue weighted by molar-refractivity contribution is 5.71. The first kappa shape index (κ1) is 22.6. The average Bonchev–Trinajstić information content (AvgIpc) is 3.63. The number of unbranched alkanes of at least 4 members (excludes halogenated alkanes) is 2. The van der Waals surface area contributed by atoms with E-state index in [-0.39, 0.29) is 12.1 Å². The Morgan fingerprint density at radius 1 is 1.14 bits per heavy atom. The lowest BCUT2D eigenvalue weighted by atomic mass is 9.82. The van der Waals surface area contributed by atoms with E-state index in [1.165, 1.54) is 38.5 Å². The van der Waals surface area contributed by atoms with Crippen molar-refractivity contribution in [2.24, 2.45) is 22.7 Å². The summed E-state index contributed by atoms with van der Waals surface area (Å²) in [7, 11) is 0. The minimum atomic E-state index is -0.183. The standard InChI is InChI=1S/C24H40O5/c1-2-19(16-28-18-25)23(11-12-23)9-5-3-7-21(26)8-4-6-10-24(13-14-24)20-15-22(27)29-17-20/h18-21,26H,2-17H2,1H3. The number of carbonyl (C=O) groups excluding carboxylic acids is 2. The second kappa shape index (κ2) is 10.3. The van der Waals surface area contributed by atoms with Crippen molar-refractivity contribution in [2.75, 3.05) is 13.2 Å². The molecule has 0 amide bonds. The Balaban J connectivity index is 1.23. The second-order valence-corrected chi connectivity index (χ2v) is 9.99. The Morgan fingerprint density at radius 2 is 1.83 bits per heavy atom. The number of cyclic esters (lactones) is 1. The molecule has 1 heterocycles. The Morgan fingerprint density at radius 3 is 2.34 bits per heavy atom. The number of carbonyl (C=O) groups is 2. The Kier molecular flexibility index (Phi) is 8.00. The molecule has 5 nitrogen and oxygen atoms in total. The minimum Gasteiger partial charge on any atom is -0.468 e. The zero-order chi connectivity index (χ0) is 20.7. The maximum Gasteiger partial charge on any atom is 0.306 e. The third-order valence-corrected chi connectivity index (χ3v) is 8.16. The van der Waals surface area contributed by atoms with Crippen molar-refractivity contribution in [3.8, 4) is 0 Å². The van der Waals surface area contributed by atoms with Crippen LogP contribution in [0.1, 0.15) is 96.8 Å². The third kappa shape index (κ3) is 6.19. The molecule has 0 aromatic carbocycles. The van der Waals surface area contributed by atoms with E-state index in [4.69, 9.17) is 9.47 Å². The Bertz CT molecular complexity index is 537. The molecule has 3 unspecified atom stereocenters. The normalized spacial score (nSPS) is 25.9. The van der Waals surface area contributed by atoms with Crippen molar-refractivity contribution >= 4 is 12.4 Å².